The highest BCUT2D eigenvalue weighted by Gasteiger charge is 2.15. The molecule has 120 valence electrons. The third-order valence-electron chi connectivity index (χ3n) is 3.73. The second kappa shape index (κ2) is 6.52. The van der Waals surface area contributed by atoms with Crippen LogP contribution in [-0.4, -0.2) is 14.5 Å². The van der Waals surface area contributed by atoms with E-state index in [4.69, 9.17) is 0 Å². The lowest BCUT2D eigenvalue weighted by atomic mass is 9.97. The van der Waals surface area contributed by atoms with E-state index in [2.05, 4.69) is 10.3 Å². The lowest BCUT2D eigenvalue weighted by molar-refractivity contribution is 0.127. The van der Waals surface area contributed by atoms with Gasteiger partial charge in [0.1, 0.15) is 0 Å². The summed E-state index contributed by atoms with van der Waals surface area (Å²) in [5, 5.41) is 15.5. The molecule has 0 aliphatic carbocycles. The van der Waals surface area contributed by atoms with Crippen molar-refractivity contribution in [2.45, 2.75) is 26.5 Å². The number of hydrogen-bond donors (Lipinski definition) is 2. The van der Waals surface area contributed by atoms with E-state index < -0.39 is 6.10 Å². The molecule has 3 rings (SSSR count). The van der Waals surface area contributed by atoms with Crippen molar-refractivity contribution >= 4 is 22.0 Å². The maximum Gasteiger partial charge on any atom is 0.258 e. The van der Waals surface area contributed by atoms with E-state index in [1.165, 1.54) is 21.8 Å². The quantitative estimate of drug-likeness (QED) is 0.755. The van der Waals surface area contributed by atoms with Crippen LogP contribution in [0.15, 0.2) is 46.7 Å². The molecule has 6 heteroatoms. The molecular formula is C17H19N3O2S. The van der Waals surface area contributed by atoms with Crippen molar-refractivity contribution in [3.8, 4) is 0 Å². The maximum atomic E-state index is 12.0. The summed E-state index contributed by atoms with van der Waals surface area (Å²) in [5.41, 5.74) is 2.33. The molecule has 0 saturated heterocycles. The smallest absolute Gasteiger partial charge is 0.258 e. The molecule has 0 bridgehead atoms. The Bertz CT molecular complexity index is 869. The number of hydrogen-bond acceptors (Lipinski definition) is 5. The number of para-hydroxylation sites is 1. The number of aliphatic hydroxyl groups is 1. The first-order valence-electron chi connectivity index (χ1n) is 7.53. The molecule has 0 spiro atoms. The molecule has 0 saturated carbocycles. The molecule has 3 aromatic rings. The Labute approximate surface area is 138 Å². The van der Waals surface area contributed by atoms with E-state index in [-0.39, 0.29) is 11.5 Å². The summed E-state index contributed by atoms with van der Waals surface area (Å²) in [6, 6.07) is 9.21. The summed E-state index contributed by atoms with van der Waals surface area (Å²) in [6.45, 7) is 4.40. The Morgan fingerprint density at radius 3 is 2.91 bits per heavy atom. The van der Waals surface area contributed by atoms with Crippen LogP contribution in [0.1, 0.15) is 31.2 Å². The zero-order chi connectivity index (χ0) is 16.4. The average molecular weight is 329 g/mol. The number of aliphatic hydroxyl groups excluding tert-OH is 1. The van der Waals surface area contributed by atoms with Crippen LogP contribution in [0.25, 0.3) is 4.96 Å². The van der Waals surface area contributed by atoms with E-state index in [0.29, 0.717) is 17.2 Å². The Morgan fingerprint density at radius 2 is 2.13 bits per heavy atom. The van der Waals surface area contributed by atoms with E-state index in [1.54, 1.807) is 6.20 Å². The van der Waals surface area contributed by atoms with Crippen molar-refractivity contribution < 1.29 is 5.11 Å². The van der Waals surface area contributed by atoms with Gasteiger partial charge in [-0.3, -0.25) is 9.20 Å². The summed E-state index contributed by atoms with van der Waals surface area (Å²) < 4.78 is 1.53. The minimum absolute atomic E-state index is 0.0800. The van der Waals surface area contributed by atoms with Crippen molar-refractivity contribution in [3.05, 3.63) is 63.5 Å². The number of aromatic nitrogens is 2. The van der Waals surface area contributed by atoms with Gasteiger partial charge in [0.2, 0.25) is 0 Å². The average Bonchev–Trinajstić information content (AvgIpc) is 3.01. The standard InChI is InChI=1S/C17H19N3O2S/c1-11(2)16(22)13-5-3-4-6-14(13)18-10-12-9-15(21)20-7-8-23-17(20)19-12/h3-9,11,16,18,22H,10H2,1-2H3. The molecule has 23 heavy (non-hydrogen) atoms. The normalized spacial score (nSPS) is 12.7. The lowest BCUT2D eigenvalue weighted by Crippen LogP contribution is -2.15. The highest BCUT2D eigenvalue weighted by atomic mass is 32.1. The molecule has 1 atom stereocenters. The molecule has 0 aliphatic rings. The molecule has 0 aliphatic heterocycles. The minimum atomic E-state index is -0.530. The van der Waals surface area contributed by atoms with Crippen molar-refractivity contribution in [1.29, 1.82) is 0 Å². The lowest BCUT2D eigenvalue weighted by Gasteiger charge is -2.19. The van der Waals surface area contributed by atoms with Crippen LogP contribution in [0.5, 0.6) is 0 Å². The fourth-order valence-electron chi connectivity index (χ4n) is 2.44. The second-order valence-electron chi connectivity index (χ2n) is 5.77. The molecule has 2 aromatic heterocycles. The van der Waals surface area contributed by atoms with Gasteiger partial charge in [-0.1, -0.05) is 32.0 Å². The summed E-state index contributed by atoms with van der Waals surface area (Å²) in [4.78, 5) is 17.2. The highest BCUT2D eigenvalue weighted by Crippen LogP contribution is 2.28. The number of fused-ring (bicyclic) bond motifs is 1. The first kappa shape index (κ1) is 15.7. The van der Waals surface area contributed by atoms with Gasteiger partial charge < -0.3 is 10.4 Å². The number of rotatable bonds is 5. The first-order chi connectivity index (χ1) is 11.1. The summed E-state index contributed by atoms with van der Waals surface area (Å²) in [5.74, 6) is 0.128. The van der Waals surface area contributed by atoms with E-state index in [1.807, 2.05) is 43.5 Å². The molecule has 5 nitrogen and oxygen atoms in total. The Morgan fingerprint density at radius 1 is 1.35 bits per heavy atom. The Balaban J connectivity index is 1.84. The zero-order valence-corrected chi connectivity index (χ0v) is 13.9. The van der Waals surface area contributed by atoms with Crippen LogP contribution in [0, 0.1) is 5.92 Å². The van der Waals surface area contributed by atoms with E-state index >= 15 is 0 Å². The van der Waals surface area contributed by atoms with Crippen LogP contribution in [0.2, 0.25) is 0 Å². The van der Waals surface area contributed by atoms with Gasteiger partial charge in [0.05, 0.1) is 18.3 Å². The van der Waals surface area contributed by atoms with Crippen LogP contribution in [-0.2, 0) is 6.54 Å². The Hall–Kier alpha value is -2.18. The third kappa shape index (κ3) is 3.28. The van der Waals surface area contributed by atoms with Crippen molar-refractivity contribution in [1.82, 2.24) is 9.38 Å². The van der Waals surface area contributed by atoms with E-state index in [0.717, 1.165) is 11.3 Å². The molecule has 0 fully saturated rings. The second-order valence-corrected chi connectivity index (χ2v) is 6.64. The topological polar surface area (TPSA) is 66.6 Å². The number of nitrogens with zero attached hydrogens (tertiary/aromatic N) is 2. The van der Waals surface area contributed by atoms with Crippen LogP contribution in [0.3, 0.4) is 0 Å². The van der Waals surface area contributed by atoms with Gasteiger partial charge in [0.15, 0.2) is 4.96 Å². The van der Waals surface area contributed by atoms with Gasteiger partial charge in [0, 0.05) is 28.9 Å². The predicted molar refractivity (Wildman–Crippen MR) is 92.9 cm³/mol. The van der Waals surface area contributed by atoms with Crippen LogP contribution < -0.4 is 10.9 Å². The first-order valence-corrected chi connectivity index (χ1v) is 8.41. The summed E-state index contributed by atoms with van der Waals surface area (Å²) in [6.07, 6.45) is 1.19. The number of nitrogens with one attached hydrogen (secondary N) is 1. The minimum Gasteiger partial charge on any atom is -0.388 e. The van der Waals surface area contributed by atoms with Gasteiger partial charge in [-0.2, -0.15) is 0 Å². The van der Waals surface area contributed by atoms with Gasteiger partial charge in [-0.15, -0.1) is 11.3 Å². The SMILES string of the molecule is CC(C)C(O)c1ccccc1NCc1cc(=O)n2ccsc2n1. The van der Waals surface area contributed by atoms with Crippen molar-refractivity contribution in [2.24, 2.45) is 5.92 Å². The fourth-order valence-corrected chi connectivity index (χ4v) is 3.18. The molecule has 0 radical (unpaired) electrons. The number of benzene rings is 1. The molecule has 2 N–H and O–H groups in total. The van der Waals surface area contributed by atoms with Crippen molar-refractivity contribution in [2.75, 3.05) is 5.32 Å². The number of thiazole rings is 1. The molecular weight excluding hydrogens is 310 g/mol. The molecule has 1 aromatic carbocycles. The fraction of sp³-hybridized carbons (Fsp3) is 0.294. The summed E-state index contributed by atoms with van der Waals surface area (Å²) in [7, 11) is 0. The zero-order valence-electron chi connectivity index (χ0n) is 13.1. The van der Waals surface area contributed by atoms with Crippen LogP contribution in [0.4, 0.5) is 5.69 Å². The maximum absolute atomic E-state index is 12.0. The van der Waals surface area contributed by atoms with Gasteiger partial charge in [-0.05, 0) is 12.0 Å². The molecule has 1 unspecified atom stereocenters. The van der Waals surface area contributed by atoms with Gasteiger partial charge in [-0.25, -0.2) is 4.98 Å². The van der Waals surface area contributed by atoms with Crippen LogP contribution >= 0.6 is 11.3 Å². The highest BCUT2D eigenvalue weighted by molar-refractivity contribution is 7.15. The largest absolute Gasteiger partial charge is 0.388 e. The summed E-state index contributed by atoms with van der Waals surface area (Å²) >= 11 is 1.43. The van der Waals surface area contributed by atoms with E-state index in [9.17, 15) is 9.90 Å². The van der Waals surface area contributed by atoms with Gasteiger partial charge in [0.25, 0.3) is 5.56 Å². The Kier molecular flexibility index (Phi) is 4.45. The monoisotopic (exact) mass is 329 g/mol. The van der Waals surface area contributed by atoms with Gasteiger partial charge >= 0.3 is 0 Å². The molecule has 0 amide bonds. The third-order valence-corrected chi connectivity index (χ3v) is 4.48. The predicted octanol–water partition coefficient (Wildman–Crippen LogP) is 3.06. The molecule has 2 heterocycles. The number of anilines is 1. The van der Waals surface area contributed by atoms with Crippen molar-refractivity contribution in [3.63, 3.8) is 0 Å².